The number of aromatic carboxylic acids is 1. The van der Waals surface area contributed by atoms with E-state index >= 15 is 0 Å². The summed E-state index contributed by atoms with van der Waals surface area (Å²) in [7, 11) is 0. The molecule has 20 heavy (non-hydrogen) atoms. The summed E-state index contributed by atoms with van der Waals surface area (Å²) in [6.45, 7) is 0.513. The highest BCUT2D eigenvalue weighted by atomic mass is 79.9. The SMILES string of the molecule is O=C(O)c1cc(Br)ccc1OCC1Cc2ccccc21. The lowest BCUT2D eigenvalue weighted by Gasteiger charge is -2.30. The molecule has 1 aliphatic rings. The zero-order chi connectivity index (χ0) is 14.1. The van der Waals surface area contributed by atoms with Crippen LogP contribution in [0, 0.1) is 0 Å². The Morgan fingerprint density at radius 2 is 2.10 bits per heavy atom. The number of benzene rings is 2. The Morgan fingerprint density at radius 1 is 1.30 bits per heavy atom. The van der Waals surface area contributed by atoms with Crippen molar-refractivity contribution in [3.05, 3.63) is 63.6 Å². The smallest absolute Gasteiger partial charge is 0.339 e. The summed E-state index contributed by atoms with van der Waals surface area (Å²) in [6, 6.07) is 13.3. The molecule has 0 radical (unpaired) electrons. The number of hydrogen-bond donors (Lipinski definition) is 1. The first-order chi connectivity index (χ1) is 9.65. The van der Waals surface area contributed by atoms with Crippen molar-refractivity contribution in [1.82, 2.24) is 0 Å². The Balaban J connectivity index is 1.73. The van der Waals surface area contributed by atoms with Gasteiger partial charge in [-0.1, -0.05) is 40.2 Å². The molecular weight excluding hydrogens is 320 g/mol. The lowest BCUT2D eigenvalue weighted by atomic mass is 9.78. The normalized spacial score (nSPS) is 16.1. The highest BCUT2D eigenvalue weighted by molar-refractivity contribution is 9.10. The van der Waals surface area contributed by atoms with Crippen LogP contribution in [0.3, 0.4) is 0 Å². The van der Waals surface area contributed by atoms with E-state index in [1.807, 2.05) is 12.1 Å². The third kappa shape index (κ3) is 2.43. The van der Waals surface area contributed by atoms with Crippen molar-refractivity contribution in [3.63, 3.8) is 0 Å². The molecule has 0 spiro atoms. The van der Waals surface area contributed by atoms with E-state index in [-0.39, 0.29) is 5.56 Å². The molecule has 1 unspecified atom stereocenters. The number of halogens is 1. The van der Waals surface area contributed by atoms with E-state index in [1.54, 1.807) is 18.2 Å². The topological polar surface area (TPSA) is 46.5 Å². The molecule has 0 aromatic heterocycles. The molecule has 3 nitrogen and oxygen atoms in total. The first-order valence-corrected chi connectivity index (χ1v) is 7.18. The van der Waals surface area contributed by atoms with Gasteiger partial charge in [0.1, 0.15) is 11.3 Å². The summed E-state index contributed by atoms with van der Waals surface area (Å²) in [6.07, 6.45) is 0.995. The van der Waals surface area contributed by atoms with Crippen molar-refractivity contribution in [2.24, 2.45) is 0 Å². The lowest BCUT2D eigenvalue weighted by molar-refractivity contribution is 0.0691. The van der Waals surface area contributed by atoms with Gasteiger partial charge in [-0.25, -0.2) is 4.79 Å². The van der Waals surface area contributed by atoms with Crippen molar-refractivity contribution in [2.75, 3.05) is 6.61 Å². The van der Waals surface area contributed by atoms with Gasteiger partial charge in [0.2, 0.25) is 0 Å². The lowest BCUT2D eigenvalue weighted by Crippen LogP contribution is -2.23. The molecule has 2 aromatic rings. The summed E-state index contributed by atoms with van der Waals surface area (Å²) in [5, 5.41) is 9.18. The fourth-order valence-electron chi connectivity index (χ4n) is 2.50. The second-order valence-corrected chi connectivity index (χ2v) is 5.77. The van der Waals surface area contributed by atoms with Crippen molar-refractivity contribution in [3.8, 4) is 5.75 Å². The number of hydrogen-bond acceptors (Lipinski definition) is 2. The van der Waals surface area contributed by atoms with E-state index < -0.39 is 5.97 Å². The van der Waals surface area contributed by atoms with Gasteiger partial charge in [-0.05, 0) is 35.7 Å². The summed E-state index contributed by atoms with van der Waals surface area (Å²) in [5.74, 6) is -0.197. The Labute approximate surface area is 125 Å². The number of carboxylic acids is 1. The van der Waals surface area contributed by atoms with E-state index in [0.29, 0.717) is 18.3 Å². The minimum atomic E-state index is -0.977. The first-order valence-electron chi connectivity index (χ1n) is 6.38. The van der Waals surface area contributed by atoms with E-state index in [2.05, 4.69) is 28.1 Å². The van der Waals surface area contributed by atoms with Gasteiger partial charge in [-0.15, -0.1) is 0 Å². The maximum Gasteiger partial charge on any atom is 0.339 e. The molecule has 1 aliphatic carbocycles. The average molecular weight is 333 g/mol. The average Bonchev–Trinajstić information content (AvgIpc) is 2.41. The maximum absolute atomic E-state index is 11.2. The van der Waals surface area contributed by atoms with Crippen LogP contribution in [-0.2, 0) is 6.42 Å². The molecule has 0 aliphatic heterocycles. The van der Waals surface area contributed by atoms with Gasteiger partial charge in [-0.2, -0.15) is 0 Å². The molecule has 0 amide bonds. The predicted octanol–water partition coefficient (Wildman–Crippen LogP) is 3.87. The highest BCUT2D eigenvalue weighted by Crippen LogP contribution is 2.35. The van der Waals surface area contributed by atoms with Gasteiger partial charge < -0.3 is 9.84 Å². The van der Waals surface area contributed by atoms with Gasteiger partial charge in [0.25, 0.3) is 0 Å². The quantitative estimate of drug-likeness (QED) is 0.924. The third-order valence-corrected chi connectivity index (χ3v) is 4.07. The summed E-state index contributed by atoms with van der Waals surface area (Å²) in [5.41, 5.74) is 2.85. The van der Waals surface area contributed by atoms with Gasteiger partial charge in [0.15, 0.2) is 0 Å². The summed E-state index contributed by atoms with van der Waals surface area (Å²) >= 11 is 3.27. The zero-order valence-electron chi connectivity index (χ0n) is 10.7. The van der Waals surface area contributed by atoms with Crippen molar-refractivity contribution in [1.29, 1.82) is 0 Å². The Hall–Kier alpha value is -1.81. The molecule has 4 heteroatoms. The second-order valence-electron chi connectivity index (χ2n) is 4.86. The van der Waals surface area contributed by atoms with Crippen LogP contribution in [-0.4, -0.2) is 17.7 Å². The molecule has 0 heterocycles. The highest BCUT2D eigenvalue weighted by Gasteiger charge is 2.26. The standard InChI is InChI=1S/C16H13BrO3/c17-12-5-6-15(14(8-12)16(18)19)20-9-11-7-10-3-1-2-4-13(10)11/h1-6,8,11H,7,9H2,(H,18,19). The molecular formula is C16H13BrO3. The number of rotatable bonds is 4. The molecule has 2 aromatic carbocycles. The Bertz CT molecular complexity index is 667. The molecule has 1 N–H and O–H groups in total. The van der Waals surface area contributed by atoms with Gasteiger partial charge in [-0.3, -0.25) is 0 Å². The van der Waals surface area contributed by atoms with Crippen LogP contribution < -0.4 is 4.74 Å². The van der Waals surface area contributed by atoms with Crippen LogP contribution >= 0.6 is 15.9 Å². The number of carboxylic acid groups (broad SMARTS) is 1. The van der Waals surface area contributed by atoms with Crippen LogP contribution in [0.5, 0.6) is 5.75 Å². The van der Waals surface area contributed by atoms with Crippen LogP contribution in [0.15, 0.2) is 46.9 Å². The fraction of sp³-hybridized carbons (Fsp3) is 0.188. The van der Waals surface area contributed by atoms with E-state index in [4.69, 9.17) is 4.74 Å². The van der Waals surface area contributed by atoms with E-state index in [1.165, 1.54) is 11.1 Å². The van der Waals surface area contributed by atoms with Gasteiger partial charge in [0.05, 0.1) is 6.61 Å². The summed E-state index contributed by atoms with van der Waals surface area (Å²) in [4.78, 5) is 11.2. The Kier molecular flexibility index (Phi) is 3.49. The zero-order valence-corrected chi connectivity index (χ0v) is 12.3. The Morgan fingerprint density at radius 3 is 2.85 bits per heavy atom. The minimum absolute atomic E-state index is 0.187. The van der Waals surface area contributed by atoms with E-state index in [9.17, 15) is 9.90 Å². The molecule has 0 saturated carbocycles. The molecule has 0 bridgehead atoms. The van der Waals surface area contributed by atoms with Crippen molar-refractivity contribution >= 4 is 21.9 Å². The van der Waals surface area contributed by atoms with Crippen molar-refractivity contribution < 1.29 is 14.6 Å². The van der Waals surface area contributed by atoms with Crippen LogP contribution in [0.2, 0.25) is 0 Å². The monoisotopic (exact) mass is 332 g/mol. The molecule has 1 atom stereocenters. The van der Waals surface area contributed by atoms with Gasteiger partial charge in [0, 0.05) is 10.4 Å². The second kappa shape index (κ2) is 5.29. The number of carbonyl (C=O) groups is 1. The fourth-order valence-corrected chi connectivity index (χ4v) is 2.86. The van der Waals surface area contributed by atoms with Gasteiger partial charge >= 0.3 is 5.97 Å². The molecule has 0 saturated heterocycles. The van der Waals surface area contributed by atoms with Crippen LogP contribution in [0.25, 0.3) is 0 Å². The van der Waals surface area contributed by atoms with Crippen LogP contribution in [0.4, 0.5) is 0 Å². The largest absolute Gasteiger partial charge is 0.492 e. The summed E-state index contributed by atoms with van der Waals surface area (Å²) < 4.78 is 6.45. The van der Waals surface area contributed by atoms with Crippen LogP contribution in [0.1, 0.15) is 27.4 Å². The number of fused-ring (bicyclic) bond motifs is 1. The molecule has 102 valence electrons. The minimum Gasteiger partial charge on any atom is -0.492 e. The first kappa shape index (κ1) is 13.2. The molecule has 0 fully saturated rings. The molecule has 3 rings (SSSR count). The third-order valence-electron chi connectivity index (χ3n) is 3.57. The number of ether oxygens (including phenoxy) is 1. The maximum atomic E-state index is 11.2. The van der Waals surface area contributed by atoms with Crippen molar-refractivity contribution in [2.45, 2.75) is 12.3 Å². The predicted molar refractivity (Wildman–Crippen MR) is 79.5 cm³/mol. The van der Waals surface area contributed by atoms with E-state index in [0.717, 1.165) is 10.9 Å².